The number of aliphatic hydroxyl groups is 1. The lowest BCUT2D eigenvalue weighted by atomic mass is 10.00. The molecule has 0 aromatic carbocycles. The van der Waals surface area contributed by atoms with Crippen LogP contribution in [0, 0.1) is 0 Å². The van der Waals surface area contributed by atoms with Crippen molar-refractivity contribution in [2.45, 2.75) is 84.3 Å². The van der Waals surface area contributed by atoms with E-state index in [2.05, 4.69) is 10.6 Å². The summed E-state index contributed by atoms with van der Waals surface area (Å²) in [7, 11) is 0. The molecule has 0 aromatic rings. The second-order valence-corrected chi connectivity index (χ2v) is 7.47. The van der Waals surface area contributed by atoms with Crippen LogP contribution in [0.25, 0.3) is 0 Å². The lowest BCUT2D eigenvalue weighted by Gasteiger charge is -2.30. The predicted molar refractivity (Wildman–Crippen MR) is 95.7 cm³/mol. The maximum absolute atomic E-state index is 11.7. The van der Waals surface area contributed by atoms with E-state index in [0.29, 0.717) is 38.8 Å². The van der Waals surface area contributed by atoms with Crippen molar-refractivity contribution in [3.8, 4) is 0 Å². The molecule has 0 aliphatic carbocycles. The van der Waals surface area contributed by atoms with Crippen molar-refractivity contribution in [1.82, 2.24) is 10.6 Å². The van der Waals surface area contributed by atoms with Crippen LogP contribution < -0.4 is 10.6 Å². The van der Waals surface area contributed by atoms with Crippen LogP contribution in [0.2, 0.25) is 0 Å². The first-order chi connectivity index (χ1) is 11.1. The van der Waals surface area contributed by atoms with Gasteiger partial charge in [-0.3, -0.25) is 9.59 Å². The standard InChI is InChI=1S/C18H36N2O4/c1-6-8-16(23)20-17(2,3)11-14-24-18(4,5)10-12-19-15(22)9-7-13-21/h21H,6-14H2,1-5H3,(H,19,22)(H,20,23). The minimum Gasteiger partial charge on any atom is -0.396 e. The van der Waals surface area contributed by atoms with Gasteiger partial charge in [-0.2, -0.15) is 0 Å². The SMILES string of the molecule is CCCC(=O)NC(C)(C)CCOC(C)(C)CCNC(=O)CCCO. The highest BCUT2D eigenvalue weighted by Crippen LogP contribution is 2.17. The zero-order valence-electron chi connectivity index (χ0n) is 16.0. The number of rotatable bonds is 13. The Morgan fingerprint density at radius 1 is 1.04 bits per heavy atom. The molecule has 0 saturated carbocycles. The van der Waals surface area contributed by atoms with Crippen LogP contribution in [-0.4, -0.2) is 47.8 Å². The summed E-state index contributed by atoms with van der Waals surface area (Å²) < 4.78 is 5.93. The fourth-order valence-electron chi connectivity index (χ4n) is 2.22. The third-order valence-corrected chi connectivity index (χ3v) is 3.79. The van der Waals surface area contributed by atoms with Gasteiger partial charge in [-0.1, -0.05) is 6.92 Å². The zero-order valence-corrected chi connectivity index (χ0v) is 16.0. The molecule has 3 N–H and O–H groups in total. The number of carbonyl (C=O) groups excluding carboxylic acids is 2. The lowest BCUT2D eigenvalue weighted by molar-refractivity contribution is -0.123. The fraction of sp³-hybridized carbons (Fsp3) is 0.889. The van der Waals surface area contributed by atoms with Crippen molar-refractivity contribution < 1.29 is 19.4 Å². The molecule has 0 spiro atoms. The van der Waals surface area contributed by atoms with Gasteiger partial charge >= 0.3 is 0 Å². The Kier molecular flexibility index (Phi) is 10.9. The number of aliphatic hydroxyl groups excluding tert-OH is 1. The Labute approximate surface area is 146 Å². The fourth-order valence-corrected chi connectivity index (χ4v) is 2.22. The second-order valence-electron chi connectivity index (χ2n) is 7.47. The van der Waals surface area contributed by atoms with Crippen molar-refractivity contribution in [2.75, 3.05) is 19.8 Å². The van der Waals surface area contributed by atoms with Gasteiger partial charge in [0.05, 0.1) is 5.60 Å². The molecule has 0 bridgehead atoms. The molecule has 2 amide bonds. The average molecular weight is 344 g/mol. The summed E-state index contributed by atoms with van der Waals surface area (Å²) >= 11 is 0. The van der Waals surface area contributed by atoms with Gasteiger partial charge in [-0.15, -0.1) is 0 Å². The van der Waals surface area contributed by atoms with Crippen molar-refractivity contribution in [1.29, 1.82) is 0 Å². The third kappa shape index (κ3) is 12.3. The van der Waals surface area contributed by atoms with Gasteiger partial charge in [0.15, 0.2) is 0 Å². The Bertz CT molecular complexity index is 381. The van der Waals surface area contributed by atoms with Crippen molar-refractivity contribution in [2.24, 2.45) is 0 Å². The van der Waals surface area contributed by atoms with E-state index in [0.717, 1.165) is 12.8 Å². The first kappa shape index (κ1) is 22.9. The lowest BCUT2D eigenvalue weighted by Crippen LogP contribution is -2.44. The molecular weight excluding hydrogens is 308 g/mol. The van der Waals surface area contributed by atoms with E-state index in [4.69, 9.17) is 9.84 Å². The predicted octanol–water partition coefficient (Wildman–Crippen LogP) is 2.15. The second kappa shape index (κ2) is 11.4. The van der Waals surface area contributed by atoms with E-state index < -0.39 is 0 Å². The van der Waals surface area contributed by atoms with Crippen LogP contribution in [0.5, 0.6) is 0 Å². The van der Waals surface area contributed by atoms with Gasteiger partial charge in [-0.05, 0) is 53.4 Å². The number of amides is 2. The molecule has 0 rings (SSSR count). The highest BCUT2D eigenvalue weighted by Gasteiger charge is 2.23. The minimum atomic E-state index is -0.340. The number of ether oxygens (including phenoxy) is 1. The molecule has 24 heavy (non-hydrogen) atoms. The van der Waals surface area contributed by atoms with Crippen molar-refractivity contribution >= 4 is 11.8 Å². The van der Waals surface area contributed by atoms with E-state index in [1.165, 1.54) is 0 Å². The molecule has 0 saturated heterocycles. The van der Waals surface area contributed by atoms with Crippen LogP contribution in [0.15, 0.2) is 0 Å². The average Bonchev–Trinajstić information content (AvgIpc) is 2.43. The van der Waals surface area contributed by atoms with Crippen LogP contribution in [0.4, 0.5) is 0 Å². The van der Waals surface area contributed by atoms with Crippen molar-refractivity contribution in [3.05, 3.63) is 0 Å². The molecule has 0 fully saturated rings. The smallest absolute Gasteiger partial charge is 0.220 e. The maximum Gasteiger partial charge on any atom is 0.220 e. The van der Waals surface area contributed by atoms with E-state index >= 15 is 0 Å². The molecule has 6 heteroatoms. The monoisotopic (exact) mass is 344 g/mol. The normalized spacial score (nSPS) is 12.1. The summed E-state index contributed by atoms with van der Waals surface area (Å²) in [4.78, 5) is 23.2. The summed E-state index contributed by atoms with van der Waals surface area (Å²) in [5.74, 6) is 0.0342. The molecule has 0 unspecified atom stereocenters. The highest BCUT2D eigenvalue weighted by molar-refractivity contribution is 5.76. The molecule has 142 valence electrons. The summed E-state index contributed by atoms with van der Waals surface area (Å²) in [5, 5.41) is 14.5. The Balaban J connectivity index is 4.01. The Morgan fingerprint density at radius 3 is 2.29 bits per heavy atom. The summed E-state index contributed by atoms with van der Waals surface area (Å²) in [6.45, 7) is 11.1. The van der Waals surface area contributed by atoms with E-state index in [1.807, 2.05) is 34.6 Å². The van der Waals surface area contributed by atoms with Gasteiger partial charge in [0.1, 0.15) is 0 Å². The number of nitrogens with one attached hydrogen (secondary N) is 2. The van der Waals surface area contributed by atoms with Gasteiger partial charge in [-0.25, -0.2) is 0 Å². The van der Waals surface area contributed by atoms with Gasteiger partial charge < -0.3 is 20.5 Å². The largest absolute Gasteiger partial charge is 0.396 e. The van der Waals surface area contributed by atoms with Crippen LogP contribution >= 0.6 is 0 Å². The quantitative estimate of drug-likeness (QED) is 0.478. The zero-order chi connectivity index (χ0) is 18.6. The molecule has 0 aliphatic heterocycles. The van der Waals surface area contributed by atoms with Gasteiger partial charge in [0.2, 0.25) is 11.8 Å². The van der Waals surface area contributed by atoms with Crippen LogP contribution in [0.1, 0.15) is 73.1 Å². The summed E-state index contributed by atoms with van der Waals surface area (Å²) in [6, 6.07) is 0. The molecule has 6 nitrogen and oxygen atoms in total. The summed E-state index contributed by atoms with van der Waals surface area (Å²) in [5.41, 5.74) is -0.630. The molecular formula is C18H36N2O4. The topological polar surface area (TPSA) is 87.7 Å². The molecule has 0 aromatic heterocycles. The van der Waals surface area contributed by atoms with Crippen molar-refractivity contribution in [3.63, 3.8) is 0 Å². The van der Waals surface area contributed by atoms with E-state index in [-0.39, 0.29) is 29.6 Å². The molecule has 0 heterocycles. The Hall–Kier alpha value is -1.14. The highest BCUT2D eigenvalue weighted by atomic mass is 16.5. The van der Waals surface area contributed by atoms with Gasteiger partial charge in [0.25, 0.3) is 0 Å². The summed E-state index contributed by atoms with van der Waals surface area (Å²) in [6.07, 6.45) is 3.67. The number of hydrogen-bond donors (Lipinski definition) is 3. The van der Waals surface area contributed by atoms with Crippen LogP contribution in [0.3, 0.4) is 0 Å². The minimum absolute atomic E-state index is 0.0343. The molecule has 0 atom stereocenters. The molecule has 0 aliphatic rings. The Morgan fingerprint density at radius 2 is 1.71 bits per heavy atom. The number of carbonyl (C=O) groups is 2. The van der Waals surface area contributed by atoms with Gasteiger partial charge in [0, 0.05) is 38.1 Å². The first-order valence-corrected chi connectivity index (χ1v) is 8.94. The van der Waals surface area contributed by atoms with E-state index in [9.17, 15) is 9.59 Å². The maximum atomic E-state index is 11.7. The van der Waals surface area contributed by atoms with E-state index in [1.54, 1.807) is 0 Å². The molecule has 0 radical (unpaired) electrons. The third-order valence-electron chi connectivity index (χ3n) is 3.79. The first-order valence-electron chi connectivity index (χ1n) is 8.94. The number of hydrogen-bond acceptors (Lipinski definition) is 4. The van der Waals surface area contributed by atoms with Crippen LogP contribution in [-0.2, 0) is 14.3 Å².